The van der Waals surface area contributed by atoms with Crippen LogP contribution in [-0.2, 0) is 16.6 Å². The molecule has 1 aliphatic heterocycles. The molecule has 1 unspecified atom stereocenters. The summed E-state index contributed by atoms with van der Waals surface area (Å²) in [6, 6.07) is 7.06. The molecule has 1 amide bonds. The number of benzene rings is 1. The van der Waals surface area contributed by atoms with Gasteiger partial charge in [-0.05, 0) is 33.3 Å². The van der Waals surface area contributed by atoms with Gasteiger partial charge in [0.1, 0.15) is 5.76 Å². The van der Waals surface area contributed by atoms with Gasteiger partial charge in [0.25, 0.3) is 11.7 Å². The number of rotatable bonds is 3. The predicted molar refractivity (Wildman–Crippen MR) is 98.5 cm³/mol. The highest BCUT2D eigenvalue weighted by Gasteiger charge is 2.45. The second kappa shape index (κ2) is 6.44. The third kappa shape index (κ3) is 2.62. The number of ketones is 1. The number of likely N-dealkylation sites (N-methyl/N-ethyl adjacent to an activating group) is 1. The lowest BCUT2D eigenvalue weighted by molar-refractivity contribution is -0.139. The Bertz CT molecular complexity index is 923. The van der Waals surface area contributed by atoms with Crippen molar-refractivity contribution in [3.05, 3.63) is 57.9 Å². The molecule has 1 N–H and O–H groups in total. The summed E-state index contributed by atoms with van der Waals surface area (Å²) in [5.41, 5.74) is 3.88. The van der Waals surface area contributed by atoms with E-state index in [2.05, 4.69) is 5.10 Å². The van der Waals surface area contributed by atoms with Gasteiger partial charge in [0.2, 0.25) is 0 Å². The fourth-order valence-electron chi connectivity index (χ4n) is 3.55. The molecule has 6 heteroatoms. The zero-order valence-electron chi connectivity index (χ0n) is 15.7. The minimum atomic E-state index is -0.655. The van der Waals surface area contributed by atoms with Crippen LogP contribution in [0.15, 0.2) is 29.8 Å². The lowest BCUT2D eigenvalue weighted by Crippen LogP contribution is -2.29. The molecule has 1 fully saturated rings. The maximum atomic E-state index is 12.7. The highest BCUT2D eigenvalue weighted by atomic mass is 16.3. The minimum absolute atomic E-state index is 0.125. The Morgan fingerprint density at radius 1 is 1.15 bits per heavy atom. The van der Waals surface area contributed by atoms with Crippen molar-refractivity contribution in [2.24, 2.45) is 7.05 Å². The fourth-order valence-corrected chi connectivity index (χ4v) is 3.55. The molecular formula is C20H23N3O3. The molecule has 1 aromatic heterocycles. The van der Waals surface area contributed by atoms with Gasteiger partial charge in [-0.15, -0.1) is 0 Å². The molecule has 0 spiro atoms. The number of aromatic nitrogens is 2. The van der Waals surface area contributed by atoms with Crippen LogP contribution in [0.4, 0.5) is 0 Å². The molecule has 1 atom stereocenters. The number of carbonyl (C=O) groups is 2. The van der Waals surface area contributed by atoms with Crippen LogP contribution in [0.5, 0.6) is 0 Å². The number of nitrogens with zero attached hydrogens (tertiary/aromatic N) is 3. The molecule has 2 heterocycles. The fraction of sp³-hybridized carbons (Fsp3) is 0.350. The van der Waals surface area contributed by atoms with E-state index in [1.807, 2.05) is 45.0 Å². The summed E-state index contributed by atoms with van der Waals surface area (Å²) in [7, 11) is 1.78. The van der Waals surface area contributed by atoms with Crippen LogP contribution in [0.1, 0.15) is 41.0 Å². The summed E-state index contributed by atoms with van der Waals surface area (Å²) < 4.78 is 1.65. The third-order valence-electron chi connectivity index (χ3n) is 5.02. The standard InChI is InChI=1S/C20H23N3O3/c1-6-23-17(14-9-7-11(2)8-10-14)16(19(25)20(23)26)18(24)15-12(3)21-22(5)13(15)4/h7-10,17,24H,6H2,1-5H3/b18-16+. The first-order chi connectivity index (χ1) is 12.3. The maximum Gasteiger partial charge on any atom is 0.295 e. The summed E-state index contributed by atoms with van der Waals surface area (Å²) in [6.45, 7) is 7.78. The molecule has 1 aromatic carbocycles. The van der Waals surface area contributed by atoms with Crippen molar-refractivity contribution in [2.45, 2.75) is 33.7 Å². The van der Waals surface area contributed by atoms with Crippen molar-refractivity contribution in [2.75, 3.05) is 6.54 Å². The van der Waals surface area contributed by atoms with Crippen LogP contribution in [0.2, 0.25) is 0 Å². The quantitative estimate of drug-likeness (QED) is 0.523. The van der Waals surface area contributed by atoms with Crippen LogP contribution in [0.25, 0.3) is 5.76 Å². The molecule has 136 valence electrons. The average molecular weight is 353 g/mol. The number of aryl methyl sites for hydroxylation is 3. The zero-order valence-corrected chi connectivity index (χ0v) is 15.7. The average Bonchev–Trinajstić information content (AvgIpc) is 3.01. The molecule has 1 saturated heterocycles. The lowest BCUT2D eigenvalue weighted by Gasteiger charge is -2.24. The van der Waals surface area contributed by atoms with Crippen LogP contribution < -0.4 is 0 Å². The molecule has 0 aliphatic carbocycles. The van der Waals surface area contributed by atoms with Gasteiger partial charge in [-0.2, -0.15) is 5.10 Å². The van der Waals surface area contributed by atoms with Gasteiger partial charge in [0.05, 0.1) is 22.9 Å². The van der Waals surface area contributed by atoms with Crippen molar-refractivity contribution in [1.82, 2.24) is 14.7 Å². The van der Waals surface area contributed by atoms with Crippen molar-refractivity contribution in [3.8, 4) is 0 Å². The van der Waals surface area contributed by atoms with E-state index >= 15 is 0 Å². The lowest BCUT2D eigenvalue weighted by atomic mass is 9.94. The molecule has 0 bridgehead atoms. The highest BCUT2D eigenvalue weighted by Crippen LogP contribution is 2.40. The zero-order chi connectivity index (χ0) is 19.2. The van der Waals surface area contributed by atoms with Crippen molar-refractivity contribution in [3.63, 3.8) is 0 Å². The maximum absolute atomic E-state index is 12.7. The number of hydrogen-bond acceptors (Lipinski definition) is 4. The van der Waals surface area contributed by atoms with Crippen molar-refractivity contribution < 1.29 is 14.7 Å². The van der Waals surface area contributed by atoms with Crippen LogP contribution in [0, 0.1) is 20.8 Å². The topological polar surface area (TPSA) is 75.4 Å². The van der Waals surface area contributed by atoms with E-state index in [1.54, 1.807) is 18.7 Å². The van der Waals surface area contributed by atoms with Crippen LogP contribution in [-0.4, -0.2) is 38.0 Å². The molecular weight excluding hydrogens is 330 g/mol. The number of likely N-dealkylation sites (tertiary alicyclic amines) is 1. The Morgan fingerprint density at radius 2 is 1.77 bits per heavy atom. The molecule has 6 nitrogen and oxygen atoms in total. The van der Waals surface area contributed by atoms with E-state index in [0.717, 1.165) is 16.8 Å². The predicted octanol–water partition coefficient (Wildman–Crippen LogP) is 2.79. The Kier molecular flexibility index (Phi) is 4.44. The number of hydrogen-bond donors (Lipinski definition) is 1. The molecule has 0 saturated carbocycles. The summed E-state index contributed by atoms with van der Waals surface area (Å²) >= 11 is 0. The van der Waals surface area contributed by atoms with E-state index in [-0.39, 0.29) is 11.3 Å². The van der Waals surface area contributed by atoms with E-state index in [0.29, 0.717) is 17.8 Å². The number of amides is 1. The molecule has 2 aromatic rings. The smallest absolute Gasteiger partial charge is 0.295 e. The van der Waals surface area contributed by atoms with Gasteiger partial charge in [0.15, 0.2) is 0 Å². The second-order valence-corrected chi connectivity index (χ2v) is 6.67. The highest BCUT2D eigenvalue weighted by molar-refractivity contribution is 6.46. The molecule has 0 radical (unpaired) electrons. The summed E-state index contributed by atoms with van der Waals surface area (Å²) in [5, 5.41) is 15.3. The molecule has 3 rings (SSSR count). The Balaban J connectivity index is 2.26. The van der Waals surface area contributed by atoms with Gasteiger partial charge in [-0.1, -0.05) is 29.8 Å². The van der Waals surface area contributed by atoms with E-state index in [1.165, 1.54) is 4.90 Å². The van der Waals surface area contributed by atoms with Crippen molar-refractivity contribution in [1.29, 1.82) is 0 Å². The third-order valence-corrected chi connectivity index (χ3v) is 5.02. The van der Waals surface area contributed by atoms with Gasteiger partial charge >= 0.3 is 0 Å². The van der Waals surface area contributed by atoms with Crippen molar-refractivity contribution >= 4 is 17.4 Å². The number of carbonyl (C=O) groups excluding carboxylic acids is 2. The monoisotopic (exact) mass is 353 g/mol. The minimum Gasteiger partial charge on any atom is -0.507 e. The molecule has 1 aliphatic rings. The second-order valence-electron chi connectivity index (χ2n) is 6.67. The summed E-state index contributed by atoms with van der Waals surface area (Å²) in [6.07, 6.45) is 0. The van der Waals surface area contributed by atoms with Gasteiger partial charge < -0.3 is 10.0 Å². The van der Waals surface area contributed by atoms with E-state index in [9.17, 15) is 14.7 Å². The molecule has 26 heavy (non-hydrogen) atoms. The van der Waals surface area contributed by atoms with Gasteiger partial charge in [-0.3, -0.25) is 14.3 Å². The van der Waals surface area contributed by atoms with E-state index in [4.69, 9.17) is 0 Å². The number of aliphatic hydroxyl groups excluding tert-OH is 1. The Labute approximate surface area is 152 Å². The summed E-state index contributed by atoms with van der Waals surface area (Å²) in [4.78, 5) is 26.8. The largest absolute Gasteiger partial charge is 0.507 e. The summed E-state index contributed by atoms with van der Waals surface area (Å²) in [5.74, 6) is -1.40. The van der Waals surface area contributed by atoms with Crippen LogP contribution in [0.3, 0.4) is 0 Å². The van der Waals surface area contributed by atoms with Crippen LogP contribution >= 0.6 is 0 Å². The first-order valence-electron chi connectivity index (χ1n) is 8.63. The van der Waals surface area contributed by atoms with Gasteiger partial charge in [0, 0.05) is 19.3 Å². The normalized spacial score (nSPS) is 19.4. The first-order valence-corrected chi connectivity index (χ1v) is 8.63. The SMILES string of the molecule is CCN1C(=O)C(=O)/C(=C(/O)c2c(C)nn(C)c2C)C1c1ccc(C)cc1. The number of Topliss-reactive ketones (excluding diaryl/α,β-unsaturated/α-hetero) is 1. The van der Waals surface area contributed by atoms with Gasteiger partial charge in [-0.25, -0.2) is 0 Å². The Hall–Kier alpha value is -2.89. The van der Waals surface area contributed by atoms with E-state index < -0.39 is 17.7 Å². The number of aliphatic hydroxyl groups is 1. The first kappa shape index (κ1) is 17.9. The Morgan fingerprint density at radius 3 is 2.27 bits per heavy atom.